The molecule has 2 aromatic rings. The number of halogens is 2. The van der Waals surface area contributed by atoms with Gasteiger partial charge in [0.1, 0.15) is 5.60 Å². The molecule has 0 saturated heterocycles. The molecule has 0 N–H and O–H groups in total. The van der Waals surface area contributed by atoms with E-state index in [-0.39, 0.29) is 5.60 Å². The van der Waals surface area contributed by atoms with Gasteiger partial charge in [0.2, 0.25) is 0 Å². The fraction of sp³-hybridized carbons (Fsp3) is 0.250. The molecule has 0 fully saturated rings. The minimum absolute atomic E-state index is 0.281. The normalized spacial score (nSPS) is 14.1. The van der Waals surface area contributed by atoms with Gasteiger partial charge in [0.15, 0.2) is 0 Å². The fourth-order valence-corrected chi connectivity index (χ4v) is 3.23. The average Bonchev–Trinajstić information content (AvgIpc) is 2.46. The molecular weight excluding hydrogens is 415 g/mol. The Bertz CT molecular complexity index is 529. The first kappa shape index (κ1) is 15.0. The molecule has 0 saturated carbocycles. The van der Waals surface area contributed by atoms with Crippen molar-refractivity contribution >= 4 is 38.5 Å². The highest BCUT2D eigenvalue weighted by atomic mass is 127. The molecule has 0 amide bonds. The van der Waals surface area contributed by atoms with Gasteiger partial charge in [-0.15, -0.1) is 0 Å². The summed E-state index contributed by atoms with van der Waals surface area (Å²) in [5.74, 6) is 0. The third-order valence-corrected chi connectivity index (χ3v) is 5.25. The van der Waals surface area contributed by atoms with E-state index in [0.29, 0.717) is 6.61 Å². The Morgan fingerprint density at radius 2 is 1.68 bits per heavy atom. The summed E-state index contributed by atoms with van der Waals surface area (Å²) < 4.78 is 8.20. The maximum atomic E-state index is 6.19. The van der Waals surface area contributed by atoms with Crippen molar-refractivity contribution < 1.29 is 4.74 Å². The third-order valence-electron chi connectivity index (χ3n) is 3.10. The Kier molecular flexibility index (Phi) is 5.42. The van der Waals surface area contributed by atoms with E-state index < -0.39 is 0 Å². The van der Waals surface area contributed by atoms with Crippen molar-refractivity contribution in [3.63, 3.8) is 0 Å². The second kappa shape index (κ2) is 6.86. The van der Waals surface area contributed by atoms with Crippen molar-refractivity contribution in [1.29, 1.82) is 0 Å². The summed E-state index contributed by atoms with van der Waals surface area (Å²) >= 11 is 6.00. The molecule has 0 aromatic heterocycles. The van der Waals surface area contributed by atoms with E-state index in [1.165, 1.54) is 11.1 Å². The second-order valence-corrected chi connectivity index (χ2v) is 6.24. The Labute approximate surface area is 136 Å². The molecule has 0 bridgehead atoms. The summed E-state index contributed by atoms with van der Waals surface area (Å²) in [7, 11) is 0. The SMILES string of the molecule is CC(CI)(OCc1ccccc1)c1ccccc1Br. The zero-order valence-corrected chi connectivity index (χ0v) is 14.5. The first-order chi connectivity index (χ1) is 9.15. The lowest BCUT2D eigenvalue weighted by Crippen LogP contribution is -2.28. The zero-order chi connectivity index (χ0) is 13.7. The smallest absolute Gasteiger partial charge is 0.101 e. The van der Waals surface area contributed by atoms with Crippen LogP contribution >= 0.6 is 38.5 Å². The van der Waals surface area contributed by atoms with Crippen molar-refractivity contribution in [2.45, 2.75) is 19.1 Å². The van der Waals surface area contributed by atoms with Crippen LogP contribution in [0.5, 0.6) is 0 Å². The molecule has 1 unspecified atom stereocenters. The van der Waals surface area contributed by atoms with Gasteiger partial charge >= 0.3 is 0 Å². The quantitative estimate of drug-likeness (QED) is 0.461. The van der Waals surface area contributed by atoms with Gasteiger partial charge in [-0.3, -0.25) is 0 Å². The van der Waals surface area contributed by atoms with Crippen LogP contribution < -0.4 is 0 Å². The molecule has 0 spiro atoms. The largest absolute Gasteiger partial charge is 0.365 e. The molecule has 3 heteroatoms. The lowest BCUT2D eigenvalue weighted by Gasteiger charge is -2.29. The first-order valence-electron chi connectivity index (χ1n) is 6.14. The van der Waals surface area contributed by atoms with Gasteiger partial charge in [-0.25, -0.2) is 0 Å². The van der Waals surface area contributed by atoms with E-state index in [0.717, 1.165) is 8.90 Å². The van der Waals surface area contributed by atoms with E-state index in [9.17, 15) is 0 Å². The fourth-order valence-electron chi connectivity index (χ4n) is 1.90. The maximum Gasteiger partial charge on any atom is 0.101 e. The number of hydrogen-bond acceptors (Lipinski definition) is 1. The molecule has 1 nitrogen and oxygen atoms in total. The maximum absolute atomic E-state index is 6.19. The van der Waals surface area contributed by atoms with Gasteiger partial charge < -0.3 is 4.74 Å². The van der Waals surface area contributed by atoms with Crippen molar-refractivity contribution in [3.8, 4) is 0 Å². The van der Waals surface area contributed by atoms with E-state index in [2.05, 4.69) is 75.8 Å². The highest BCUT2D eigenvalue weighted by molar-refractivity contribution is 14.1. The molecule has 0 heterocycles. The highest BCUT2D eigenvalue weighted by Crippen LogP contribution is 2.34. The van der Waals surface area contributed by atoms with E-state index in [4.69, 9.17) is 4.74 Å². The van der Waals surface area contributed by atoms with Crippen molar-refractivity contribution in [1.82, 2.24) is 0 Å². The molecule has 100 valence electrons. The van der Waals surface area contributed by atoms with Crippen LogP contribution in [0.1, 0.15) is 18.1 Å². The summed E-state index contributed by atoms with van der Waals surface area (Å²) in [6.07, 6.45) is 0. The van der Waals surface area contributed by atoms with Crippen LogP contribution in [0.2, 0.25) is 0 Å². The number of hydrogen-bond donors (Lipinski definition) is 0. The second-order valence-electron chi connectivity index (χ2n) is 4.62. The summed E-state index contributed by atoms with van der Waals surface area (Å²) in [5, 5.41) is 0. The summed E-state index contributed by atoms with van der Waals surface area (Å²) in [6.45, 7) is 2.77. The molecule has 0 aliphatic rings. The van der Waals surface area contributed by atoms with Crippen molar-refractivity contribution in [2.24, 2.45) is 0 Å². The molecule has 1 atom stereocenters. The highest BCUT2D eigenvalue weighted by Gasteiger charge is 2.28. The third kappa shape index (κ3) is 3.80. The minimum atomic E-state index is -0.281. The van der Waals surface area contributed by atoms with Gasteiger partial charge in [-0.05, 0) is 24.1 Å². The Morgan fingerprint density at radius 3 is 2.32 bits per heavy atom. The van der Waals surface area contributed by atoms with Crippen LogP contribution in [0, 0.1) is 0 Å². The lowest BCUT2D eigenvalue weighted by molar-refractivity contribution is -0.0280. The molecule has 19 heavy (non-hydrogen) atoms. The van der Waals surface area contributed by atoms with Gasteiger partial charge in [0, 0.05) is 8.90 Å². The predicted octanol–water partition coefficient (Wildman–Crippen LogP) is 5.32. The van der Waals surface area contributed by atoms with Crippen LogP contribution in [0.4, 0.5) is 0 Å². The number of benzene rings is 2. The minimum Gasteiger partial charge on any atom is -0.365 e. The average molecular weight is 431 g/mol. The Hall–Kier alpha value is -0.390. The van der Waals surface area contributed by atoms with Gasteiger partial charge in [0.25, 0.3) is 0 Å². The molecule has 0 radical (unpaired) electrons. The Morgan fingerprint density at radius 1 is 1.05 bits per heavy atom. The van der Waals surface area contributed by atoms with E-state index in [1.807, 2.05) is 24.3 Å². The van der Waals surface area contributed by atoms with E-state index in [1.54, 1.807) is 0 Å². The molecule has 0 aliphatic carbocycles. The monoisotopic (exact) mass is 430 g/mol. The Balaban J connectivity index is 2.17. The molecular formula is C16H16BrIO. The van der Waals surface area contributed by atoms with E-state index >= 15 is 0 Å². The number of ether oxygens (including phenoxy) is 1. The van der Waals surface area contributed by atoms with Crippen molar-refractivity contribution in [3.05, 3.63) is 70.2 Å². The predicted molar refractivity (Wildman–Crippen MR) is 91.6 cm³/mol. The van der Waals surface area contributed by atoms with Crippen LogP contribution in [-0.2, 0) is 16.9 Å². The van der Waals surface area contributed by atoms with Crippen LogP contribution in [-0.4, -0.2) is 4.43 Å². The summed E-state index contributed by atoms with van der Waals surface area (Å²) in [5.41, 5.74) is 2.11. The number of alkyl halides is 1. The van der Waals surface area contributed by atoms with Crippen LogP contribution in [0.15, 0.2) is 59.1 Å². The van der Waals surface area contributed by atoms with Crippen LogP contribution in [0.25, 0.3) is 0 Å². The van der Waals surface area contributed by atoms with Gasteiger partial charge in [-0.1, -0.05) is 87.1 Å². The van der Waals surface area contributed by atoms with Gasteiger partial charge in [-0.2, -0.15) is 0 Å². The first-order valence-corrected chi connectivity index (χ1v) is 8.46. The summed E-state index contributed by atoms with van der Waals surface area (Å²) in [6, 6.07) is 18.5. The van der Waals surface area contributed by atoms with Crippen molar-refractivity contribution in [2.75, 3.05) is 4.43 Å². The van der Waals surface area contributed by atoms with Crippen LogP contribution in [0.3, 0.4) is 0 Å². The number of rotatable bonds is 5. The standard InChI is InChI=1S/C16H16BrIO/c1-16(12-18,14-9-5-6-10-15(14)17)19-11-13-7-3-2-4-8-13/h2-10H,11-12H2,1H3. The molecule has 0 aliphatic heterocycles. The topological polar surface area (TPSA) is 9.23 Å². The molecule has 2 aromatic carbocycles. The zero-order valence-electron chi connectivity index (χ0n) is 10.8. The molecule has 2 rings (SSSR count). The van der Waals surface area contributed by atoms with Gasteiger partial charge in [0.05, 0.1) is 6.61 Å². The lowest BCUT2D eigenvalue weighted by atomic mass is 9.98. The summed E-state index contributed by atoms with van der Waals surface area (Å²) in [4.78, 5) is 0.